The number of ether oxygens (including phenoxy) is 1. The molecule has 5 heteroatoms. The Kier molecular flexibility index (Phi) is 2.03. The van der Waals surface area contributed by atoms with Crippen LogP contribution in [0.25, 0.3) is 0 Å². The van der Waals surface area contributed by atoms with Crippen LogP contribution < -0.4 is 0 Å². The van der Waals surface area contributed by atoms with E-state index in [9.17, 15) is 9.59 Å². The first-order valence-electron chi connectivity index (χ1n) is 3.33. The van der Waals surface area contributed by atoms with Crippen LogP contribution in [0.15, 0.2) is 11.3 Å². The van der Waals surface area contributed by atoms with Crippen LogP contribution in [0.1, 0.15) is 0 Å². The largest absolute Gasteiger partial charge is 0.503 e. The number of carbonyl (C=O) groups excluding carboxylic acids is 2. The summed E-state index contributed by atoms with van der Waals surface area (Å²) in [5, 5.41) is 9.12. The Morgan fingerprint density at radius 3 is 2.58 bits per heavy atom. The number of rotatable bonds is 1. The standard InChI is InChI=1S/C7H9NO4/c1-8-3-4(7(11)12-2)5(9)6(8)10/h9H,3H2,1-2H3. The molecule has 0 spiro atoms. The van der Waals surface area contributed by atoms with E-state index < -0.39 is 17.6 Å². The zero-order valence-electron chi connectivity index (χ0n) is 6.83. The summed E-state index contributed by atoms with van der Waals surface area (Å²) in [5.41, 5.74) is 0.0185. The molecule has 0 saturated carbocycles. The average molecular weight is 171 g/mol. The monoisotopic (exact) mass is 171 g/mol. The third-order valence-electron chi connectivity index (χ3n) is 1.66. The maximum Gasteiger partial charge on any atom is 0.339 e. The number of methoxy groups -OCH3 is 1. The van der Waals surface area contributed by atoms with Gasteiger partial charge in [0.05, 0.1) is 13.7 Å². The van der Waals surface area contributed by atoms with Crippen molar-refractivity contribution in [2.75, 3.05) is 20.7 Å². The molecule has 1 N–H and O–H groups in total. The van der Waals surface area contributed by atoms with Gasteiger partial charge >= 0.3 is 5.97 Å². The highest BCUT2D eigenvalue weighted by Crippen LogP contribution is 2.15. The normalized spacial score (nSPS) is 17.2. The van der Waals surface area contributed by atoms with Crippen molar-refractivity contribution in [1.82, 2.24) is 4.90 Å². The van der Waals surface area contributed by atoms with E-state index in [0.717, 1.165) is 0 Å². The zero-order valence-corrected chi connectivity index (χ0v) is 6.83. The molecule has 0 aromatic heterocycles. The van der Waals surface area contributed by atoms with Gasteiger partial charge in [0.15, 0.2) is 5.76 Å². The van der Waals surface area contributed by atoms with E-state index in [1.807, 2.05) is 0 Å². The van der Waals surface area contributed by atoms with Crippen molar-refractivity contribution in [2.24, 2.45) is 0 Å². The fourth-order valence-electron chi connectivity index (χ4n) is 0.978. The summed E-state index contributed by atoms with van der Waals surface area (Å²) in [6.07, 6.45) is 0. The van der Waals surface area contributed by atoms with Crippen molar-refractivity contribution < 1.29 is 19.4 Å². The minimum Gasteiger partial charge on any atom is -0.503 e. The Hall–Kier alpha value is -1.52. The second kappa shape index (κ2) is 2.84. The van der Waals surface area contributed by atoms with Gasteiger partial charge in [-0.15, -0.1) is 0 Å². The summed E-state index contributed by atoms with van der Waals surface area (Å²) in [5.74, 6) is -1.72. The molecular weight excluding hydrogens is 162 g/mol. The van der Waals surface area contributed by atoms with Crippen LogP contribution in [-0.2, 0) is 14.3 Å². The van der Waals surface area contributed by atoms with E-state index in [-0.39, 0.29) is 12.1 Å². The van der Waals surface area contributed by atoms with Crippen LogP contribution in [0, 0.1) is 0 Å². The highest BCUT2D eigenvalue weighted by molar-refractivity contribution is 6.04. The molecule has 1 rings (SSSR count). The number of carbonyl (C=O) groups is 2. The molecule has 66 valence electrons. The predicted octanol–water partition coefficient (Wildman–Crippen LogP) is -0.556. The van der Waals surface area contributed by atoms with Crippen molar-refractivity contribution in [2.45, 2.75) is 0 Å². The van der Waals surface area contributed by atoms with Gasteiger partial charge in [-0.1, -0.05) is 0 Å². The molecule has 0 saturated heterocycles. The summed E-state index contributed by atoms with van der Waals surface area (Å²) < 4.78 is 4.37. The van der Waals surface area contributed by atoms with Gasteiger partial charge < -0.3 is 14.7 Å². The SMILES string of the molecule is COC(=O)C1=C(O)C(=O)N(C)C1. The number of nitrogens with zero attached hydrogens (tertiary/aromatic N) is 1. The summed E-state index contributed by atoms with van der Waals surface area (Å²) >= 11 is 0. The smallest absolute Gasteiger partial charge is 0.339 e. The Morgan fingerprint density at radius 2 is 2.25 bits per heavy atom. The molecule has 0 radical (unpaired) electrons. The van der Waals surface area contributed by atoms with Crippen molar-refractivity contribution in [3.8, 4) is 0 Å². The Morgan fingerprint density at radius 1 is 1.67 bits per heavy atom. The Labute approximate surface area is 69.2 Å². The maximum absolute atomic E-state index is 10.9. The number of amides is 1. The fourth-order valence-corrected chi connectivity index (χ4v) is 0.978. The molecule has 0 aliphatic carbocycles. The van der Waals surface area contributed by atoms with Gasteiger partial charge in [-0.2, -0.15) is 0 Å². The van der Waals surface area contributed by atoms with Gasteiger partial charge in [-0.05, 0) is 0 Å². The van der Waals surface area contributed by atoms with Crippen molar-refractivity contribution in [1.29, 1.82) is 0 Å². The molecule has 0 bridgehead atoms. The second-order valence-corrected chi connectivity index (χ2v) is 2.48. The number of likely N-dealkylation sites (N-methyl/N-ethyl adjacent to an activating group) is 1. The lowest BCUT2D eigenvalue weighted by Crippen LogP contribution is -2.22. The van der Waals surface area contributed by atoms with Gasteiger partial charge in [0, 0.05) is 7.05 Å². The Balaban J connectivity index is 2.92. The summed E-state index contributed by atoms with van der Waals surface area (Å²) in [4.78, 5) is 23.1. The van der Waals surface area contributed by atoms with Gasteiger partial charge in [0.25, 0.3) is 5.91 Å². The molecule has 0 fully saturated rings. The van der Waals surface area contributed by atoms with Crippen LogP contribution in [0.2, 0.25) is 0 Å². The molecule has 1 aliphatic heterocycles. The molecule has 1 aliphatic rings. The quantitative estimate of drug-likeness (QED) is 0.537. The number of aliphatic hydroxyl groups is 1. The van der Waals surface area contributed by atoms with Crippen molar-refractivity contribution >= 4 is 11.9 Å². The van der Waals surface area contributed by atoms with Crippen molar-refractivity contribution in [3.63, 3.8) is 0 Å². The lowest BCUT2D eigenvalue weighted by molar-refractivity contribution is -0.136. The highest BCUT2D eigenvalue weighted by Gasteiger charge is 2.31. The third-order valence-corrected chi connectivity index (χ3v) is 1.66. The molecule has 0 unspecified atom stereocenters. The molecule has 12 heavy (non-hydrogen) atoms. The van der Waals surface area contributed by atoms with E-state index in [1.165, 1.54) is 19.1 Å². The number of esters is 1. The highest BCUT2D eigenvalue weighted by atomic mass is 16.5. The van der Waals surface area contributed by atoms with Crippen LogP contribution in [0.4, 0.5) is 0 Å². The van der Waals surface area contributed by atoms with Crippen LogP contribution >= 0.6 is 0 Å². The first-order valence-corrected chi connectivity index (χ1v) is 3.33. The first-order chi connectivity index (χ1) is 5.57. The lowest BCUT2D eigenvalue weighted by Gasteiger charge is -2.05. The van der Waals surface area contributed by atoms with E-state index in [4.69, 9.17) is 5.11 Å². The number of aliphatic hydroxyl groups excluding tert-OH is 1. The molecule has 0 atom stereocenters. The lowest BCUT2D eigenvalue weighted by atomic mass is 10.3. The molecule has 1 amide bonds. The summed E-state index contributed by atoms with van der Waals surface area (Å²) in [6.45, 7) is 0.108. The minimum atomic E-state index is -0.662. The summed E-state index contributed by atoms with van der Waals surface area (Å²) in [6, 6.07) is 0. The predicted molar refractivity (Wildman–Crippen MR) is 39.3 cm³/mol. The number of hydrogen-bond donors (Lipinski definition) is 1. The molecule has 0 aromatic carbocycles. The van der Waals surface area contributed by atoms with E-state index in [1.54, 1.807) is 0 Å². The van der Waals surface area contributed by atoms with Crippen molar-refractivity contribution in [3.05, 3.63) is 11.3 Å². The molecule has 0 aromatic rings. The van der Waals surface area contributed by atoms with E-state index >= 15 is 0 Å². The van der Waals surface area contributed by atoms with Gasteiger partial charge in [0.1, 0.15) is 5.57 Å². The van der Waals surface area contributed by atoms with Gasteiger partial charge in [0.2, 0.25) is 0 Å². The van der Waals surface area contributed by atoms with Crippen LogP contribution in [0.5, 0.6) is 0 Å². The first kappa shape index (κ1) is 8.58. The van der Waals surface area contributed by atoms with Gasteiger partial charge in [-0.3, -0.25) is 4.79 Å². The van der Waals surface area contributed by atoms with E-state index in [0.29, 0.717) is 0 Å². The third kappa shape index (κ3) is 1.13. The number of hydrogen-bond acceptors (Lipinski definition) is 4. The van der Waals surface area contributed by atoms with E-state index in [2.05, 4.69) is 4.74 Å². The topological polar surface area (TPSA) is 66.8 Å². The van der Waals surface area contributed by atoms with Crippen LogP contribution in [-0.4, -0.2) is 42.6 Å². The minimum absolute atomic E-state index is 0.0185. The second-order valence-electron chi connectivity index (χ2n) is 2.48. The Bertz CT molecular complexity index is 269. The average Bonchev–Trinajstić information content (AvgIpc) is 2.32. The van der Waals surface area contributed by atoms with Gasteiger partial charge in [-0.25, -0.2) is 4.79 Å². The zero-order chi connectivity index (χ0) is 9.30. The molecule has 1 heterocycles. The fraction of sp³-hybridized carbons (Fsp3) is 0.429. The molecule has 5 nitrogen and oxygen atoms in total. The molecular formula is C7H9NO4. The maximum atomic E-state index is 10.9. The van der Waals surface area contributed by atoms with Crippen LogP contribution in [0.3, 0.4) is 0 Å². The summed E-state index contributed by atoms with van der Waals surface area (Å²) in [7, 11) is 2.69.